The summed E-state index contributed by atoms with van der Waals surface area (Å²) in [6, 6.07) is 0. The van der Waals surface area contributed by atoms with Crippen LogP contribution in [0.25, 0.3) is 0 Å². The number of thiazole rings is 1. The fourth-order valence-electron chi connectivity index (χ4n) is 1.19. The van der Waals surface area contributed by atoms with Crippen molar-refractivity contribution in [3.63, 3.8) is 0 Å². The van der Waals surface area contributed by atoms with Crippen LogP contribution in [-0.2, 0) is 17.1 Å². The zero-order valence-electron chi connectivity index (χ0n) is 9.49. The third-order valence-corrected chi connectivity index (χ3v) is 4.64. The monoisotopic (exact) mass is 276 g/mol. The maximum Gasteiger partial charge on any atom is 0.116 e. The van der Waals surface area contributed by atoms with Gasteiger partial charge in [-0.15, -0.1) is 11.3 Å². The van der Waals surface area contributed by atoms with Gasteiger partial charge in [0.05, 0.1) is 17.2 Å². The van der Waals surface area contributed by atoms with E-state index in [1.165, 1.54) is 6.42 Å². The molecule has 1 aromatic rings. The summed E-state index contributed by atoms with van der Waals surface area (Å²) in [6.07, 6.45) is 1.18. The van der Waals surface area contributed by atoms with Gasteiger partial charge in [0.2, 0.25) is 0 Å². The first-order valence-corrected chi connectivity index (χ1v) is 7.42. The highest BCUT2D eigenvalue weighted by atomic mass is 32.2. The zero-order chi connectivity index (χ0) is 12.0. The SMILES string of the molecule is CCCSCc1nc(COC)c(C(N)=S)s1. The van der Waals surface area contributed by atoms with Gasteiger partial charge in [-0.1, -0.05) is 19.1 Å². The van der Waals surface area contributed by atoms with Crippen LogP contribution in [0.3, 0.4) is 0 Å². The van der Waals surface area contributed by atoms with Crippen molar-refractivity contribution < 1.29 is 4.74 Å². The molecule has 0 unspecified atom stereocenters. The Hall–Kier alpha value is -0.170. The molecule has 1 heterocycles. The van der Waals surface area contributed by atoms with Crippen molar-refractivity contribution in [1.82, 2.24) is 4.98 Å². The van der Waals surface area contributed by atoms with Crippen LogP contribution in [0.5, 0.6) is 0 Å². The third-order valence-electron chi connectivity index (χ3n) is 1.82. The molecule has 0 aliphatic rings. The summed E-state index contributed by atoms with van der Waals surface area (Å²) in [7, 11) is 1.65. The van der Waals surface area contributed by atoms with Crippen molar-refractivity contribution in [3.8, 4) is 0 Å². The van der Waals surface area contributed by atoms with E-state index in [9.17, 15) is 0 Å². The largest absolute Gasteiger partial charge is 0.389 e. The molecule has 3 nitrogen and oxygen atoms in total. The van der Waals surface area contributed by atoms with Gasteiger partial charge in [-0.05, 0) is 12.2 Å². The summed E-state index contributed by atoms with van der Waals surface area (Å²) in [5, 5.41) is 1.08. The predicted molar refractivity (Wildman–Crippen MR) is 75.2 cm³/mol. The van der Waals surface area contributed by atoms with Crippen molar-refractivity contribution in [3.05, 3.63) is 15.6 Å². The Morgan fingerprint density at radius 1 is 1.62 bits per heavy atom. The lowest BCUT2D eigenvalue weighted by molar-refractivity contribution is 0.182. The fraction of sp³-hybridized carbons (Fsp3) is 0.600. The van der Waals surface area contributed by atoms with Crippen LogP contribution < -0.4 is 5.73 Å². The second kappa shape index (κ2) is 7.21. The van der Waals surface area contributed by atoms with Crippen LogP contribution in [0.4, 0.5) is 0 Å². The molecule has 0 saturated carbocycles. The molecule has 0 amide bonds. The fourth-order valence-corrected chi connectivity index (χ4v) is 3.31. The molecule has 0 aromatic carbocycles. The van der Waals surface area contributed by atoms with Crippen molar-refractivity contribution >= 4 is 40.3 Å². The second-order valence-corrected chi connectivity index (χ2v) is 5.86. The highest BCUT2D eigenvalue weighted by Crippen LogP contribution is 2.23. The molecule has 90 valence electrons. The van der Waals surface area contributed by atoms with E-state index in [2.05, 4.69) is 11.9 Å². The number of thiocarbonyl (C=S) groups is 1. The summed E-state index contributed by atoms with van der Waals surface area (Å²) in [4.78, 5) is 5.80. The van der Waals surface area contributed by atoms with Crippen molar-refractivity contribution in [2.24, 2.45) is 5.73 Å². The number of aromatic nitrogens is 1. The maximum atomic E-state index is 5.65. The van der Waals surface area contributed by atoms with E-state index in [0.29, 0.717) is 11.6 Å². The Morgan fingerprint density at radius 3 is 2.94 bits per heavy atom. The normalized spacial score (nSPS) is 10.6. The molecule has 0 bridgehead atoms. The topological polar surface area (TPSA) is 48.1 Å². The Labute approximate surface area is 110 Å². The molecule has 1 aromatic heterocycles. The highest BCUT2D eigenvalue weighted by Gasteiger charge is 2.12. The average Bonchev–Trinajstić information content (AvgIpc) is 2.62. The average molecular weight is 276 g/mol. The van der Waals surface area contributed by atoms with E-state index in [1.54, 1.807) is 18.4 Å². The Kier molecular flexibility index (Phi) is 6.26. The summed E-state index contributed by atoms with van der Waals surface area (Å²) < 4.78 is 5.08. The van der Waals surface area contributed by atoms with Gasteiger partial charge < -0.3 is 10.5 Å². The Bertz CT molecular complexity index is 352. The van der Waals surface area contributed by atoms with Crippen molar-refractivity contribution in [2.75, 3.05) is 12.9 Å². The molecule has 2 N–H and O–H groups in total. The van der Waals surface area contributed by atoms with Crippen LogP contribution in [0, 0.1) is 0 Å². The number of methoxy groups -OCH3 is 1. The highest BCUT2D eigenvalue weighted by molar-refractivity contribution is 7.98. The van der Waals surface area contributed by atoms with Gasteiger partial charge in [-0.3, -0.25) is 0 Å². The van der Waals surface area contributed by atoms with Crippen molar-refractivity contribution in [2.45, 2.75) is 25.7 Å². The van der Waals surface area contributed by atoms with Gasteiger partial charge in [0.1, 0.15) is 10.00 Å². The lowest BCUT2D eigenvalue weighted by Crippen LogP contribution is -2.10. The van der Waals surface area contributed by atoms with E-state index >= 15 is 0 Å². The molecule has 0 aliphatic carbocycles. The number of thioether (sulfide) groups is 1. The van der Waals surface area contributed by atoms with Crippen LogP contribution in [0.2, 0.25) is 0 Å². The van der Waals surface area contributed by atoms with Gasteiger partial charge in [-0.25, -0.2) is 4.98 Å². The second-order valence-electron chi connectivity index (χ2n) is 3.23. The first-order chi connectivity index (χ1) is 7.69. The lowest BCUT2D eigenvalue weighted by atomic mass is 10.4. The lowest BCUT2D eigenvalue weighted by Gasteiger charge is -1.97. The van der Waals surface area contributed by atoms with E-state index in [0.717, 1.165) is 27.1 Å². The summed E-state index contributed by atoms with van der Waals surface area (Å²) in [5.74, 6) is 2.08. The first kappa shape index (κ1) is 13.9. The number of nitrogens with two attached hydrogens (primary N) is 1. The number of hydrogen-bond donors (Lipinski definition) is 1. The number of rotatable bonds is 7. The standard InChI is InChI=1S/C10H16N2OS3/c1-3-4-15-6-8-12-7(5-13-2)9(16-8)10(11)14/h3-6H2,1-2H3,(H2,11,14). The van der Waals surface area contributed by atoms with Gasteiger partial charge in [0, 0.05) is 12.9 Å². The van der Waals surface area contributed by atoms with Crippen LogP contribution in [-0.4, -0.2) is 22.8 Å². The van der Waals surface area contributed by atoms with Gasteiger partial charge >= 0.3 is 0 Å². The van der Waals surface area contributed by atoms with Crippen LogP contribution in [0.15, 0.2) is 0 Å². The molecule has 0 aliphatic heterocycles. The number of hydrogen-bond acceptors (Lipinski definition) is 5. The minimum Gasteiger partial charge on any atom is -0.389 e. The Morgan fingerprint density at radius 2 is 2.38 bits per heavy atom. The first-order valence-electron chi connectivity index (χ1n) is 5.04. The van der Waals surface area contributed by atoms with Gasteiger partial charge in [-0.2, -0.15) is 11.8 Å². The predicted octanol–water partition coefficient (Wildman–Crippen LogP) is 2.57. The molecule has 16 heavy (non-hydrogen) atoms. The van der Waals surface area contributed by atoms with E-state index in [-0.39, 0.29) is 0 Å². The number of nitrogens with zero attached hydrogens (tertiary/aromatic N) is 1. The van der Waals surface area contributed by atoms with E-state index in [4.69, 9.17) is 22.7 Å². The molecule has 0 radical (unpaired) electrons. The molecule has 0 fully saturated rings. The molecule has 0 saturated heterocycles. The quantitative estimate of drug-likeness (QED) is 0.612. The van der Waals surface area contributed by atoms with Gasteiger partial charge in [0.25, 0.3) is 0 Å². The zero-order valence-corrected chi connectivity index (χ0v) is 11.9. The smallest absolute Gasteiger partial charge is 0.116 e. The third kappa shape index (κ3) is 4.01. The van der Waals surface area contributed by atoms with Crippen molar-refractivity contribution in [1.29, 1.82) is 0 Å². The van der Waals surface area contributed by atoms with Crippen LogP contribution in [0.1, 0.15) is 28.9 Å². The molecule has 0 spiro atoms. The molecule has 1 rings (SSSR count). The maximum absolute atomic E-state index is 5.65. The van der Waals surface area contributed by atoms with E-state index in [1.807, 2.05) is 11.8 Å². The van der Waals surface area contributed by atoms with Crippen LogP contribution >= 0.6 is 35.3 Å². The molecular weight excluding hydrogens is 260 g/mol. The van der Waals surface area contributed by atoms with Gasteiger partial charge in [0.15, 0.2) is 0 Å². The Balaban J connectivity index is 2.72. The molecular formula is C10H16N2OS3. The number of ether oxygens (including phenoxy) is 1. The summed E-state index contributed by atoms with van der Waals surface area (Å²) >= 11 is 8.46. The minimum absolute atomic E-state index is 0.413. The summed E-state index contributed by atoms with van der Waals surface area (Å²) in [5.41, 5.74) is 6.52. The van der Waals surface area contributed by atoms with E-state index < -0.39 is 0 Å². The minimum atomic E-state index is 0.413. The molecule has 6 heteroatoms. The summed E-state index contributed by atoms with van der Waals surface area (Å²) in [6.45, 7) is 2.65. The molecule has 0 atom stereocenters.